The van der Waals surface area contributed by atoms with Gasteiger partial charge in [0.1, 0.15) is 0 Å². The minimum Gasteiger partial charge on any atom is -0.393 e. The molecule has 2 nitrogen and oxygen atoms in total. The molecule has 0 aliphatic heterocycles. The molecule has 0 aromatic carbocycles. The molecule has 21 heavy (non-hydrogen) atoms. The Morgan fingerprint density at radius 3 is 2.48 bits per heavy atom. The Kier molecular flexibility index (Phi) is 2.57. The largest absolute Gasteiger partial charge is 0.393 e. The summed E-state index contributed by atoms with van der Waals surface area (Å²) in [5, 5.41) is 20.8. The first kappa shape index (κ1) is 11.5. The van der Waals surface area contributed by atoms with Crippen LogP contribution in [0.15, 0.2) is 0 Å². The van der Waals surface area contributed by atoms with Crippen molar-refractivity contribution in [3.63, 3.8) is 0 Å². The zero-order valence-electron chi connectivity index (χ0n) is 16.4. The lowest BCUT2D eigenvalue weighted by atomic mass is 9.45. The van der Waals surface area contributed by atoms with Crippen molar-refractivity contribution in [3.8, 4) is 0 Å². The first-order chi connectivity index (χ1) is 11.0. The maximum absolute atomic E-state index is 10.8. The summed E-state index contributed by atoms with van der Waals surface area (Å²) in [6.45, 7) is 4.37. The normalized spacial score (nSPS) is 68.0. The van der Waals surface area contributed by atoms with E-state index in [-0.39, 0.29) is 17.4 Å². The molecule has 120 valence electrons. The van der Waals surface area contributed by atoms with Gasteiger partial charge in [-0.1, -0.05) is 13.8 Å². The van der Waals surface area contributed by atoms with E-state index in [9.17, 15) is 10.2 Å². The molecule has 0 amide bonds. The maximum Gasteiger partial charge on any atom is 0.0606 e. The van der Waals surface area contributed by atoms with E-state index in [2.05, 4.69) is 6.92 Å². The monoisotopic (exact) mass is 295 g/mol. The molecule has 0 radical (unpaired) electrons. The summed E-state index contributed by atoms with van der Waals surface area (Å²) in [7, 11) is 0. The number of aliphatic hydroxyl groups is 2. The summed E-state index contributed by atoms with van der Waals surface area (Å²) in [5.41, 5.74) is -0.381. The molecule has 0 spiro atoms. The summed E-state index contributed by atoms with van der Waals surface area (Å²) in [6.07, 6.45) is 3.21. The van der Waals surface area contributed by atoms with Gasteiger partial charge < -0.3 is 10.2 Å². The van der Waals surface area contributed by atoms with E-state index < -0.39 is 17.9 Å². The second-order valence-electron chi connectivity index (χ2n) is 8.77. The number of rotatable bonds is 0. The highest BCUT2D eigenvalue weighted by Gasteiger charge is 2.59. The lowest BCUT2D eigenvalue weighted by Gasteiger charge is -2.60. The molecule has 0 aromatic heterocycles. The van der Waals surface area contributed by atoms with Gasteiger partial charge in [0.2, 0.25) is 0 Å². The van der Waals surface area contributed by atoms with Gasteiger partial charge in [-0.15, -0.1) is 0 Å². The molecule has 0 saturated heterocycles. The van der Waals surface area contributed by atoms with Crippen LogP contribution in [0, 0.1) is 34.5 Å². The van der Waals surface area contributed by atoms with Crippen LogP contribution in [-0.2, 0) is 0 Å². The quantitative estimate of drug-likeness (QED) is 0.714. The van der Waals surface area contributed by atoms with E-state index in [1.54, 1.807) is 0 Å². The van der Waals surface area contributed by atoms with Crippen molar-refractivity contribution in [2.24, 2.45) is 34.5 Å². The summed E-state index contributed by atoms with van der Waals surface area (Å²) in [5.74, 6) is 1.68. The lowest BCUT2D eigenvalue weighted by molar-refractivity contribution is -0.133. The van der Waals surface area contributed by atoms with Crippen LogP contribution in [-0.4, -0.2) is 22.4 Å². The molecule has 0 heterocycles. The molecule has 2 N–H and O–H groups in total. The van der Waals surface area contributed by atoms with Crippen LogP contribution < -0.4 is 0 Å². The van der Waals surface area contributed by atoms with Crippen LogP contribution in [0.1, 0.15) is 75.7 Å². The third kappa shape index (κ3) is 1.91. The minimum absolute atomic E-state index is 0.110. The van der Waals surface area contributed by atoms with Gasteiger partial charge in [-0.3, -0.25) is 0 Å². The van der Waals surface area contributed by atoms with Crippen LogP contribution in [0.5, 0.6) is 0 Å². The number of hydrogen-bond acceptors (Lipinski definition) is 2. The Morgan fingerprint density at radius 1 is 0.952 bits per heavy atom. The van der Waals surface area contributed by atoms with Crippen molar-refractivity contribution >= 4 is 0 Å². The van der Waals surface area contributed by atoms with E-state index in [4.69, 9.17) is 4.11 Å². The van der Waals surface area contributed by atoms with Gasteiger partial charge in [0.05, 0.1) is 13.6 Å². The van der Waals surface area contributed by atoms with Crippen molar-refractivity contribution in [1.82, 2.24) is 0 Å². The minimum atomic E-state index is -1.98. The summed E-state index contributed by atoms with van der Waals surface area (Å²) >= 11 is 0. The van der Waals surface area contributed by atoms with Crippen LogP contribution in [0.3, 0.4) is 0 Å². The first-order valence-corrected chi connectivity index (χ1v) is 8.93. The highest BCUT2D eigenvalue weighted by molar-refractivity contribution is 5.09. The summed E-state index contributed by atoms with van der Waals surface area (Å²) in [6, 6.07) is 0. The standard InChI is InChI=1S/C19H32O2/c1-18-9-7-13(20)11-12(18)3-4-14-15-5-6-17(21)19(15,2)10-8-16(14)18/h12-17,20-21H,3-11H2,1-2H3/t12-,13+,14-,15-,16-,17-,18-,19-/m0/s1/i6D2,17D. The smallest absolute Gasteiger partial charge is 0.0606 e. The van der Waals surface area contributed by atoms with E-state index >= 15 is 0 Å². The highest BCUT2D eigenvalue weighted by atomic mass is 16.3. The number of hydrogen-bond donors (Lipinski definition) is 2. The fourth-order valence-electron chi connectivity index (χ4n) is 6.63. The molecule has 0 bridgehead atoms. The van der Waals surface area contributed by atoms with E-state index in [1.807, 2.05) is 6.92 Å². The molecule has 4 saturated carbocycles. The maximum atomic E-state index is 10.8. The number of aliphatic hydroxyl groups excluding tert-OH is 1. The third-order valence-electron chi connectivity index (χ3n) is 8.06. The molecule has 0 unspecified atom stereocenters. The van der Waals surface area contributed by atoms with Gasteiger partial charge in [-0.05, 0) is 92.2 Å². The lowest BCUT2D eigenvalue weighted by Crippen LogP contribution is -2.54. The molecule has 8 atom stereocenters. The molecular weight excluding hydrogens is 260 g/mol. The molecule has 0 aromatic rings. The predicted octanol–water partition coefficient (Wildman–Crippen LogP) is 3.75. The van der Waals surface area contributed by atoms with Crippen molar-refractivity contribution < 1.29 is 14.3 Å². The number of fused-ring (bicyclic) bond motifs is 5. The average molecular weight is 295 g/mol. The molecule has 4 aliphatic rings. The summed E-state index contributed by atoms with van der Waals surface area (Å²) < 4.78 is 25.0. The molecule has 4 fully saturated rings. The Labute approximate surface area is 133 Å². The second kappa shape index (κ2) is 4.71. The van der Waals surface area contributed by atoms with Gasteiger partial charge in [0.15, 0.2) is 0 Å². The van der Waals surface area contributed by atoms with Crippen LogP contribution in [0.4, 0.5) is 0 Å². The Balaban J connectivity index is 1.67. The molecule has 4 aliphatic carbocycles. The fourth-order valence-corrected chi connectivity index (χ4v) is 6.63. The Bertz CT molecular complexity index is 537. The van der Waals surface area contributed by atoms with Gasteiger partial charge in [0, 0.05) is 2.74 Å². The van der Waals surface area contributed by atoms with Crippen molar-refractivity contribution in [1.29, 1.82) is 0 Å². The summed E-state index contributed by atoms with van der Waals surface area (Å²) in [4.78, 5) is 0. The topological polar surface area (TPSA) is 40.5 Å². The van der Waals surface area contributed by atoms with Crippen LogP contribution >= 0.6 is 0 Å². The predicted molar refractivity (Wildman–Crippen MR) is 83.7 cm³/mol. The van der Waals surface area contributed by atoms with Crippen molar-refractivity contribution in [3.05, 3.63) is 0 Å². The SMILES string of the molecule is [2H]C1([2H])C[C@H]2[C@@H]3CC[C@H]4C[C@H](O)CC[C@]4(C)[C@H]3CC[C@]2(C)[C@@]1([2H])O. The van der Waals surface area contributed by atoms with Crippen molar-refractivity contribution in [2.75, 3.05) is 0 Å². The third-order valence-corrected chi connectivity index (χ3v) is 8.06. The molecular formula is C19H32O2. The highest BCUT2D eigenvalue weighted by Crippen LogP contribution is 2.66. The molecule has 4 rings (SSSR count). The van der Waals surface area contributed by atoms with E-state index in [1.165, 1.54) is 0 Å². The average Bonchev–Trinajstić information content (AvgIpc) is 2.64. The first-order valence-electron chi connectivity index (χ1n) is 10.4. The van der Waals surface area contributed by atoms with Gasteiger partial charge in [-0.2, -0.15) is 0 Å². The van der Waals surface area contributed by atoms with Gasteiger partial charge in [-0.25, -0.2) is 0 Å². The second-order valence-corrected chi connectivity index (χ2v) is 8.77. The zero-order chi connectivity index (χ0) is 17.5. The Morgan fingerprint density at radius 2 is 1.67 bits per heavy atom. The van der Waals surface area contributed by atoms with E-state index in [0.717, 1.165) is 44.9 Å². The zero-order valence-corrected chi connectivity index (χ0v) is 13.4. The Hall–Kier alpha value is -0.0800. The van der Waals surface area contributed by atoms with Gasteiger partial charge in [0.25, 0.3) is 0 Å². The molecule has 2 heteroatoms. The fraction of sp³-hybridized carbons (Fsp3) is 1.00. The van der Waals surface area contributed by atoms with Crippen LogP contribution in [0.2, 0.25) is 0 Å². The van der Waals surface area contributed by atoms with Crippen molar-refractivity contribution in [2.45, 2.75) is 83.8 Å². The van der Waals surface area contributed by atoms with E-state index in [0.29, 0.717) is 24.2 Å². The van der Waals surface area contributed by atoms with Gasteiger partial charge >= 0.3 is 0 Å². The van der Waals surface area contributed by atoms with Crippen LogP contribution in [0.25, 0.3) is 0 Å².